The molecule has 1 fully saturated rings. The number of nitrogens with one attached hydrogen (secondary N) is 1. The van der Waals surface area contributed by atoms with E-state index in [2.05, 4.69) is 5.32 Å². The van der Waals surface area contributed by atoms with E-state index in [-0.39, 0.29) is 17.2 Å². The largest absolute Gasteiger partial charge is 0.342 e. The van der Waals surface area contributed by atoms with Gasteiger partial charge >= 0.3 is 0 Å². The Morgan fingerprint density at radius 3 is 2.65 bits per heavy atom. The molecule has 128 valence electrons. The van der Waals surface area contributed by atoms with Crippen molar-refractivity contribution in [1.29, 1.82) is 0 Å². The first kappa shape index (κ1) is 17.9. The topological polar surface area (TPSA) is 66.5 Å². The summed E-state index contributed by atoms with van der Waals surface area (Å²) in [6.07, 6.45) is 0.887. The van der Waals surface area contributed by atoms with Crippen molar-refractivity contribution in [2.24, 2.45) is 5.92 Å². The third kappa shape index (κ3) is 4.29. The molecule has 0 aliphatic carbocycles. The fourth-order valence-electron chi connectivity index (χ4n) is 2.86. The second kappa shape index (κ2) is 7.40. The van der Waals surface area contributed by atoms with Gasteiger partial charge in [-0.3, -0.25) is 4.79 Å². The number of hydrogen-bond acceptors (Lipinski definition) is 4. The summed E-state index contributed by atoms with van der Waals surface area (Å²) in [4.78, 5) is 14.1. The predicted molar refractivity (Wildman–Crippen MR) is 86.3 cm³/mol. The van der Waals surface area contributed by atoms with Crippen LogP contribution >= 0.6 is 0 Å². The van der Waals surface area contributed by atoms with Crippen molar-refractivity contribution >= 4 is 15.7 Å². The maximum atomic E-state index is 12.9. The van der Waals surface area contributed by atoms with E-state index >= 15 is 0 Å². The number of nitrogens with zero attached hydrogens (tertiary/aromatic N) is 1. The third-order valence-corrected chi connectivity index (χ3v) is 6.42. The molecule has 0 bridgehead atoms. The number of amides is 1. The molecule has 2 atom stereocenters. The molecular weight excluding hydrogens is 319 g/mol. The van der Waals surface area contributed by atoms with E-state index in [1.165, 1.54) is 19.1 Å². The first-order valence-corrected chi connectivity index (χ1v) is 9.31. The quantitative estimate of drug-likeness (QED) is 0.795. The zero-order valence-electron chi connectivity index (χ0n) is 13.5. The number of sulfone groups is 1. The van der Waals surface area contributed by atoms with Gasteiger partial charge in [-0.05, 0) is 57.1 Å². The summed E-state index contributed by atoms with van der Waals surface area (Å²) in [6.45, 7) is 3.72. The zero-order valence-corrected chi connectivity index (χ0v) is 14.3. The molecule has 1 N–H and O–H groups in total. The van der Waals surface area contributed by atoms with Crippen molar-refractivity contribution in [3.05, 3.63) is 30.1 Å². The van der Waals surface area contributed by atoms with E-state index in [1.54, 1.807) is 4.90 Å². The van der Waals surface area contributed by atoms with Crippen LogP contribution in [0.15, 0.2) is 29.2 Å². The molecular formula is C16H23FN2O3S. The second-order valence-electron chi connectivity index (χ2n) is 6.07. The highest BCUT2D eigenvalue weighted by atomic mass is 32.2. The number of benzene rings is 1. The SMILES string of the molecule is CNCC1CCN(C(=O)CC(C)S(=O)(=O)c2ccc(F)cc2)C1. The van der Waals surface area contributed by atoms with Gasteiger partial charge in [-0.15, -0.1) is 0 Å². The van der Waals surface area contributed by atoms with Gasteiger partial charge in [0.15, 0.2) is 9.84 Å². The second-order valence-corrected chi connectivity index (χ2v) is 8.43. The lowest BCUT2D eigenvalue weighted by Gasteiger charge is -2.19. The normalized spacial score (nSPS) is 19.8. The Morgan fingerprint density at radius 1 is 1.39 bits per heavy atom. The van der Waals surface area contributed by atoms with Gasteiger partial charge in [-0.25, -0.2) is 12.8 Å². The van der Waals surface area contributed by atoms with Crippen LogP contribution in [-0.4, -0.2) is 51.2 Å². The maximum absolute atomic E-state index is 12.9. The van der Waals surface area contributed by atoms with Crippen molar-refractivity contribution < 1.29 is 17.6 Å². The number of hydrogen-bond donors (Lipinski definition) is 1. The first-order chi connectivity index (χ1) is 10.8. The van der Waals surface area contributed by atoms with Gasteiger partial charge in [0.1, 0.15) is 5.82 Å². The highest BCUT2D eigenvalue weighted by Crippen LogP contribution is 2.22. The van der Waals surface area contributed by atoms with Gasteiger partial charge in [-0.2, -0.15) is 0 Å². The molecule has 2 unspecified atom stereocenters. The Kier molecular flexibility index (Phi) is 5.75. The van der Waals surface area contributed by atoms with Gasteiger partial charge < -0.3 is 10.2 Å². The minimum absolute atomic E-state index is 0.0496. The van der Waals surface area contributed by atoms with Crippen molar-refractivity contribution in [3.63, 3.8) is 0 Å². The molecule has 1 amide bonds. The summed E-state index contributed by atoms with van der Waals surface area (Å²) in [5.41, 5.74) is 0. The van der Waals surface area contributed by atoms with Gasteiger partial charge in [0.2, 0.25) is 5.91 Å². The molecule has 1 aliphatic rings. The lowest BCUT2D eigenvalue weighted by Crippen LogP contribution is -2.34. The lowest BCUT2D eigenvalue weighted by molar-refractivity contribution is -0.130. The molecule has 7 heteroatoms. The highest BCUT2D eigenvalue weighted by Gasteiger charge is 2.30. The summed E-state index contributed by atoms with van der Waals surface area (Å²) in [7, 11) is -1.75. The molecule has 0 spiro atoms. The van der Waals surface area contributed by atoms with E-state index in [4.69, 9.17) is 0 Å². The van der Waals surface area contributed by atoms with Gasteiger partial charge in [-0.1, -0.05) is 0 Å². The van der Waals surface area contributed by atoms with E-state index in [1.807, 2.05) is 7.05 Å². The van der Waals surface area contributed by atoms with Crippen LogP contribution in [0.4, 0.5) is 4.39 Å². The molecule has 1 aromatic carbocycles. The molecule has 5 nitrogen and oxygen atoms in total. The van der Waals surface area contributed by atoms with Gasteiger partial charge in [0.05, 0.1) is 10.1 Å². The van der Waals surface area contributed by atoms with Crippen LogP contribution in [0.2, 0.25) is 0 Å². The van der Waals surface area contributed by atoms with Crippen molar-refractivity contribution in [1.82, 2.24) is 10.2 Å². The number of carbonyl (C=O) groups excluding carboxylic acids is 1. The predicted octanol–water partition coefficient (Wildman–Crippen LogP) is 1.45. The van der Waals surface area contributed by atoms with E-state index in [9.17, 15) is 17.6 Å². The Morgan fingerprint density at radius 2 is 2.04 bits per heavy atom. The van der Waals surface area contributed by atoms with Gasteiger partial charge in [0, 0.05) is 19.5 Å². The molecule has 2 rings (SSSR count). The lowest BCUT2D eigenvalue weighted by atomic mass is 10.1. The van der Waals surface area contributed by atoms with Crippen LogP contribution in [0.3, 0.4) is 0 Å². The highest BCUT2D eigenvalue weighted by molar-refractivity contribution is 7.92. The summed E-state index contributed by atoms with van der Waals surface area (Å²) >= 11 is 0. The Hall–Kier alpha value is -1.47. The first-order valence-electron chi connectivity index (χ1n) is 7.76. The third-order valence-electron chi connectivity index (χ3n) is 4.27. The summed E-state index contributed by atoms with van der Waals surface area (Å²) in [5, 5.41) is 2.27. The van der Waals surface area contributed by atoms with Crippen LogP contribution in [0.25, 0.3) is 0 Å². The van der Waals surface area contributed by atoms with Crippen LogP contribution in [-0.2, 0) is 14.6 Å². The summed E-state index contributed by atoms with van der Waals surface area (Å²) in [5.74, 6) is -0.199. The van der Waals surface area contributed by atoms with Crippen molar-refractivity contribution in [2.45, 2.75) is 29.9 Å². The van der Waals surface area contributed by atoms with E-state index in [0.717, 1.165) is 25.1 Å². The number of halogens is 1. The average Bonchev–Trinajstić information content (AvgIpc) is 2.96. The molecule has 23 heavy (non-hydrogen) atoms. The minimum Gasteiger partial charge on any atom is -0.342 e. The fraction of sp³-hybridized carbons (Fsp3) is 0.562. The van der Waals surface area contributed by atoms with Crippen LogP contribution in [0, 0.1) is 11.7 Å². The van der Waals surface area contributed by atoms with Crippen molar-refractivity contribution in [2.75, 3.05) is 26.7 Å². The van der Waals surface area contributed by atoms with Crippen LogP contribution in [0.5, 0.6) is 0 Å². The van der Waals surface area contributed by atoms with Crippen LogP contribution in [0.1, 0.15) is 19.8 Å². The van der Waals surface area contributed by atoms with Crippen LogP contribution < -0.4 is 5.32 Å². The molecule has 1 saturated heterocycles. The monoisotopic (exact) mass is 342 g/mol. The van der Waals surface area contributed by atoms with Crippen molar-refractivity contribution in [3.8, 4) is 0 Å². The summed E-state index contributed by atoms with van der Waals surface area (Å²) < 4.78 is 37.8. The fourth-order valence-corrected chi connectivity index (χ4v) is 4.20. The molecule has 1 aromatic rings. The molecule has 1 aliphatic heterocycles. The maximum Gasteiger partial charge on any atom is 0.223 e. The Balaban J connectivity index is 1.99. The number of likely N-dealkylation sites (tertiary alicyclic amines) is 1. The molecule has 0 radical (unpaired) electrons. The molecule has 1 heterocycles. The standard InChI is InChI=1S/C16H23FN2O3S/c1-12(23(21,22)15-5-3-14(17)4-6-15)9-16(20)19-8-7-13(11-19)10-18-2/h3-6,12-13,18H,7-11H2,1-2H3. The zero-order chi connectivity index (χ0) is 17.0. The van der Waals surface area contributed by atoms with Gasteiger partial charge in [0.25, 0.3) is 0 Å². The summed E-state index contributed by atoms with van der Waals surface area (Å²) in [6, 6.07) is 4.71. The number of rotatable bonds is 6. The minimum atomic E-state index is -3.63. The van der Waals surface area contributed by atoms with E-state index in [0.29, 0.717) is 19.0 Å². The smallest absolute Gasteiger partial charge is 0.223 e. The Bertz CT molecular complexity index is 646. The molecule has 0 aromatic heterocycles. The number of carbonyl (C=O) groups is 1. The average molecular weight is 342 g/mol. The van der Waals surface area contributed by atoms with E-state index < -0.39 is 20.9 Å². The molecule has 0 saturated carbocycles. The Labute approximate surface area is 136 Å².